The summed E-state index contributed by atoms with van der Waals surface area (Å²) >= 11 is 0. The molecule has 0 bridgehead atoms. The summed E-state index contributed by atoms with van der Waals surface area (Å²) in [4.78, 5) is 0. The van der Waals surface area contributed by atoms with Gasteiger partial charge >= 0.3 is 0 Å². The second-order valence-corrected chi connectivity index (χ2v) is 7.29. The first-order valence-corrected chi connectivity index (χ1v) is 8.11. The molecule has 1 heterocycles. The second-order valence-electron chi connectivity index (χ2n) is 4.95. The quantitative estimate of drug-likeness (QED) is 0.932. The highest BCUT2D eigenvalue weighted by Gasteiger charge is 2.38. The monoisotopic (exact) mass is 307 g/mol. The van der Waals surface area contributed by atoms with Crippen molar-refractivity contribution in [2.75, 3.05) is 12.8 Å². The van der Waals surface area contributed by atoms with E-state index in [1.807, 2.05) is 0 Å². The Morgan fingerprint density at radius 3 is 2.30 bits per heavy atom. The molecule has 0 spiro atoms. The Labute approximate surface area is 116 Å². The lowest BCUT2D eigenvalue weighted by Gasteiger charge is -2.30. The molecule has 112 valence electrons. The van der Waals surface area contributed by atoms with Crippen molar-refractivity contribution in [1.29, 1.82) is 0 Å². The van der Waals surface area contributed by atoms with E-state index in [0.29, 0.717) is 31.4 Å². The standard InChI is InChI=1S/C13H16F3NO2S/c1-17-13(11-4-2-3-5-20(11,18)19)12-9(15)6-8(14)7-10(12)16/h6-7,11,13,17H,2-5H2,1H3. The van der Waals surface area contributed by atoms with Crippen molar-refractivity contribution in [3.8, 4) is 0 Å². The van der Waals surface area contributed by atoms with Gasteiger partial charge in [-0.1, -0.05) is 6.42 Å². The van der Waals surface area contributed by atoms with Gasteiger partial charge < -0.3 is 5.32 Å². The molecule has 20 heavy (non-hydrogen) atoms. The fourth-order valence-electron chi connectivity index (χ4n) is 2.72. The number of halogens is 3. The maximum Gasteiger partial charge on any atom is 0.155 e. The Kier molecular flexibility index (Phi) is 4.39. The first-order chi connectivity index (χ1) is 9.36. The van der Waals surface area contributed by atoms with Crippen LogP contribution in [0.5, 0.6) is 0 Å². The third-order valence-electron chi connectivity index (χ3n) is 3.67. The molecule has 1 aliphatic rings. The van der Waals surface area contributed by atoms with E-state index >= 15 is 0 Å². The first-order valence-electron chi connectivity index (χ1n) is 6.40. The summed E-state index contributed by atoms with van der Waals surface area (Å²) in [6.07, 6.45) is 1.58. The summed E-state index contributed by atoms with van der Waals surface area (Å²) in [5, 5.41) is 1.77. The van der Waals surface area contributed by atoms with Crippen molar-refractivity contribution >= 4 is 9.84 Å². The smallest absolute Gasteiger partial charge is 0.155 e. The molecule has 3 nitrogen and oxygen atoms in total. The number of sulfone groups is 1. The highest BCUT2D eigenvalue weighted by Crippen LogP contribution is 2.33. The van der Waals surface area contributed by atoms with Gasteiger partial charge in [-0.2, -0.15) is 0 Å². The Balaban J connectivity index is 2.48. The van der Waals surface area contributed by atoms with Gasteiger partial charge in [-0.15, -0.1) is 0 Å². The van der Waals surface area contributed by atoms with Crippen LogP contribution in [0, 0.1) is 17.5 Å². The molecule has 2 atom stereocenters. The number of benzene rings is 1. The Morgan fingerprint density at radius 1 is 1.20 bits per heavy atom. The zero-order valence-electron chi connectivity index (χ0n) is 11.0. The molecule has 1 saturated heterocycles. The molecule has 1 aromatic carbocycles. The third-order valence-corrected chi connectivity index (χ3v) is 5.95. The lowest BCUT2D eigenvalue weighted by molar-refractivity contribution is 0.431. The maximum atomic E-state index is 13.8. The van der Waals surface area contributed by atoms with Crippen LogP contribution in [0.4, 0.5) is 13.2 Å². The van der Waals surface area contributed by atoms with Crippen LogP contribution in [-0.4, -0.2) is 26.5 Å². The average molecular weight is 307 g/mol. The predicted octanol–water partition coefficient (Wildman–Crippen LogP) is 2.33. The summed E-state index contributed by atoms with van der Waals surface area (Å²) in [7, 11) is -1.97. The Bertz CT molecular complexity index is 581. The number of hydrogen-bond acceptors (Lipinski definition) is 3. The molecule has 0 radical (unpaired) electrons. The van der Waals surface area contributed by atoms with Crippen LogP contribution in [0.25, 0.3) is 0 Å². The van der Waals surface area contributed by atoms with E-state index in [9.17, 15) is 21.6 Å². The first kappa shape index (κ1) is 15.3. The van der Waals surface area contributed by atoms with Crippen LogP contribution < -0.4 is 5.32 Å². The van der Waals surface area contributed by atoms with Crippen molar-refractivity contribution in [3.63, 3.8) is 0 Å². The van der Waals surface area contributed by atoms with Crippen molar-refractivity contribution < 1.29 is 21.6 Å². The van der Waals surface area contributed by atoms with E-state index < -0.39 is 44.1 Å². The molecule has 0 saturated carbocycles. The van der Waals surface area contributed by atoms with Crippen LogP contribution in [0.2, 0.25) is 0 Å². The zero-order valence-corrected chi connectivity index (χ0v) is 11.8. The summed E-state index contributed by atoms with van der Waals surface area (Å²) < 4.78 is 64.8. The highest BCUT2D eigenvalue weighted by atomic mass is 32.2. The van der Waals surface area contributed by atoms with Crippen molar-refractivity contribution in [1.82, 2.24) is 5.32 Å². The van der Waals surface area contributed by atoms with Crippen LogP contribution >= 0.6 is 0 Å². The minimum absolute atomic E-state index is 0.0142. The van der Waals surface area contributed by atoms with Crippen LogP contribution in [0.3, 0.4) is 0 Å². The Hall–Kier alpha value is -1.08. The van der Waals surface area contributed by atoms with Gasteiger partial charge in [0.25, 0.3) is 0 Å². The molecule has 0 aromatic heterocycles. The third kappa shape index (κ3) is 2.83. The zero-order chi connectivity index (χ0) is 14.9. The molecule has 1 fully saturated rings. The fourth-order valence-corrected chi connectivity index (χ4v) is 4.84. The molecule has 1 N–H and O–H groups in total. The lowest BCUT2D eigenvalue weighted by Crippen LogP contribution is -2.40. The van der Waals surface area contributed by atoms with Crippen molar-refractivity contribution in [2.24, 2.45) is 0 Å². The normalized spacial score (nSPS) is 23.5. The van der Waals surface area contributed by atoms with Gasteiger partial charge in [0.2, 0.25) is 0 Å². The molecule has 0 aliphatic carbocycles. The fraction of sp³-hybridized carbons (Fsp3) is 0.538. The molecule has 2 unspecified atom stereocenters. The topological polar surface area (TPSA) is 46.2 Å². The van der Waals surface area contributed by atoms with E-state index in [1.165, 1.54) is 7.05 Å². The van der Waals surface area contributed by atoms with Gasteiger partial charge in [0.1, 0.15) is 17.5 Å². The summed E-state index contributed by atoms with van der Waals surface area (Å²) in [6.45, 7) is 0. The van der Waals surface area contributed by atoms with Crippen molar-refractivity contribution in [3.05, 3.63) is 35.1 Å². The van der Waals surface area contributed by atoms with Crippen molar-refractivity contribution in [2.45, 2.75) is 30.6 Å². The van der Waals surface area contributed by atoms with E-state index in [0.717, 1.165) is 0 Å². The molecule has 7 heteroatoms. The van der Waals surface area contributed by atoms with Gasteiger partial charge in [-0.05, 0) is 19.9 Å². The van der Waals surface area contributed by atoms with Gasteiger partial charge in [-0.25, -0.2) is 21.6 Å². The number of nitrogens with one attached hydrogen (secondary N) is 1. The lowest BCUT2D eigenvalue weighted by atomic mass is 9.98. The second kappa shape index (κ2) is 5.73. The van der Waals surface area contributed by atoms with E-state index in [1.54, 1.807) is 0 Å². The molecular formula is C13H16F3NO2S. The molecular weight excluding hydrogens is 291 g/mol. The molecule has 2 rings (SSSR count). The Morgan fingerprint density at radius 2 is 1.80 bits per heavy atom. The summed E-state index contributed by atoms with van der Waals surface area (Å²) in [5.41, 5.74) is -0.413. The summed E-state index contributed by atoms with van der Waals surface area (Å²) in [5.74, 6) is -3.14. The summed E-state index contributed by atoms with van der Waals surface area (Å²) in [6, 6.07) is 0.122. The van der Waals surface area contributed by atoms with Gasteiger partial charge in [0.05, 0.1) is 17.0 Å². The number of rotatable bonds is 3. The molecule has 1 aromatic rings. The highest BCUT2D eigenvalue weighted by molar-refractivity contribution is 7.92. The maximum absolute atomic E-state index is 13.8. The molecule has 0 amide bonds. The minimum atomic E-state index is -3.42. The number of hydrogen-bond donors (Lipinski definition) is 1. The van der Waals surface area contributed by atoms with Crippen LogP contribution in [0.1, 0.15) is 30.9 Å². The van der Waals surface area contributed by atoms with Gasteiger partial charge in [-0.3, -0.25) is 0 Å². The predicted molar refractivity (Wildman–Crippen MR) is 69.5 cm³/mol. The minimum Gasteiger partial charge on any atom is -0.312 e. The van der Waals surface area contributed by atoms with Crippen LogP contribution in [0.15, 0.2) is 12.1 Å². The van der Waals surface area contributed by atoms with E-state index in [2.05, 4.69) is 5.32 Å². The average Bonchev–Trinajstić information content (AvgIpc) is 2.34. The van der Waals surface area contributed by atoms with Gasteiger partial charge in [0.15, 0.2) is 9.84 Å². The SMILES string of the molecule is CNC(c1c(F)cc(F)cc1F)C1CCCCS1(=O)=O. The van der Waals surface area contributed by atoms with Crippen LogP contribution in [-0.2, 0) is 9.84 Å². The van der Waals surface area contributed by atoms with E-state index in [-0.39, 0.29) is 5.75 Å². The van der Waals surface area contributed by atoms with Gasteiger partial charge in [0, 0.05) is 17.7 Å². The largest absolute Gasteiger partial charge is 0.312 e. The van der Waals surface area contributed by atoms with E-state index in [4.69, 9.17) is 0 Å². The molecule has 1 aliphatic heterocycles.